The van der Waals surface area contributed by atoms with E-state index in [1.807, 2.05) is 67.6 Å². The second kappa shape index (κ2) is 13.8. The normalized spacial score (nSPS) is 12.9. The van der Waals surface area contributed by atoms with Crippen molar-refractivity contribution in [2.75, 3.05) is 13.9 Å². The van der Waals surface area contributed by atoms with Crippen LogP contribution >= 0.6 is 0 Å². The molecule has 0 saturated carbocycles. The van der Waals surface area contributed by atoms with Crippen molar-refractivity contribution in [1.82, 2.24) is 10.3 Å². The monoisotopic (exact) mass is 520 g/mol. The second-order valence-corrected chi connectivity index (χ2v) is 8.63. The summed E-state index contributed by atoms with van der Waals surface area (Å²) in [4.78, 5) is 41.1. The maximum absolute atomic E-state index is 13.0. The van der Waals surface area contributed by atoms with Crippen molar-refractivity contribution in [3.8, 4) is 11.5 Å². The molecular weight excluding hydrogens is 488 g/mol. The molecule has 0 saturated heterocycles. The third-order valence-corrected chi connectivity index (χ3v) is 5.86. The number of carbonyl (C=O) groups excluding carboxylic acids is 3. The van der Waals surface area contributed by atoms with Crippen molar-refractivity contribution in [2.24, 2.45) is 0 Å². The summed E-state index contributed by atoms with van der Waals surface area (Å²) in [7, 11) is 1.40. The number of esters is 2. The van der Waals surface area contributed by atoms with Crippen molar-refractivity contribution in [3.63, 3.8) is 0 Å². The van der Waals surface area contributed by atoms with Crippen LogP contribution in [0, 0.1) is 0 Å². The van der Waals surface area contributed by atoms with Gasteiger partial charge >= 0.3 is 11.9 Å². The van der Waals surface area contributed by atoms with E-state index in [4.69, 9.17) is 18.9 Å². The lowest BCUT2D eigenvalue weighted by atomic mass is 9.88. The Morgan fingerprint density at radius 1 is 0.947 bits per heavy atom. The highest BCUT2D eigenvalue weighted by Crippen LogP contribution is 2.30. The third kappa shape index (κ3) is 7.80. The van der Waals surface area contributed by atoms with E-state index in [0.29, 0.717) is 6.42 Å². The molecule has 3 atom stereocenters. The molecule has 200 valence electrons. The maximum Gasteiger partial charge on any atom is 0.328 e. The van der Waals surface area contributed by atoms with Crippen LogP contribution < -0.4 is 14.8 Å². The lowest BCUT2D eigenvalue weighted by Crippen LogP contribution is -2.41. The van der Waals surface area contributed by atoms with Gasteiger partial charge in [0.15, 0.2) is 17.2 Å². The highest BCUT2D eigenvalue weighted by molar-refractivity contribution is 5.98. The van der Waals surface area contributed by atoms with Crippen LogP contribution in [0.15, 0.2) is 72.9 Å². The van der Waals surface area contributed by atoms with Crippen LogP contribution in [-0.2, 0) is 25.5 Å². The molecule has 38 heavy (non-hydrogen) atoms. The van der Waals surface area contributed by atoms with Gasteiger partial charge in [0, 0.05) is 25.1 Å². The van der Waals surface area contributed by atoms with Crippen molar-refractivity contribution in [3.05, 3.63) is 89.7 Å². The average molecular weight is 521 g/mol. The van der Waals surface area contributed by atoms with Gasteiger partial charge < -0.3 is 24.3 Å². The molecule has 0 radical (unpaired) electrons. The van der Waals surface area contributed by atoms with Gasteiger partial charge in [0.1, 0.15) is 12.1 Å². The lowest BCUT2D eigenvalue weighted by molar-refractivity contribution is -0.151. The molecule has 3 rings (SSSR count). The Labute approximate surface area is 222 Å². The minimum Gasteiger partial charge on any atom is -0.493 e. The predicted octanol–water partition coefficient (Wildman–Crippen LogP) is 4.07. The Balaban J connectivity index is 1.70. The fourth-order valence-corrected chi connectivity index (χ4v) is 3.88. The quantitative estimate of drug-likeness (QED) is 0.281. The number of nitrogens with one attached hydrogen (secondary N) is 1. The second-order valence-electron chi connectivity index (χ2n) is 8.63. The summed E-state index contributed by atoms with van der Waals surface area (Å²) in [5.74, 6) is -1.72. The molecule has 0 spiro atoms. The number of hydrogen-bond acceptors (Lipinski definition) is 8. The molecule has 0 fully saturated rings. The number of amides is 1. The first kappa shape index (κ1) is 28.2. The first-order chi connectivity index (χ1) is 18.3. The van der Waals surface area contributed by atoms with Gasteiger partial charge in [-0.3, -0.25) is 9.59 Å². The Kier molecular flexibility index (Phi) is 10.2. The summed E-state index contributed by atoms with van der Waals surface area (Å²) in [5.41, 5.74) is 2.04. The zero-order chi connectivity index (χ0) is 27.5. The Bertz CT molecular complexity index is 1220. The number of aromatic nitrogens is 1. The van der Waals surface area contributed by atoms with Gasteiger partial charge in [0.25, 0.3) is 5.91 Å². The van der Waals surface area contributed by atoms with E-state index in [0.717, 1.165) is 11.1 Å². The van der Waals surface area contributed by atoms with Gasteiger partial charge in [-0.1, -0.05) is 60.7 Å². The van der Waals surface area contributed by atoms with Crippen molar-refractivity contribution in [2.45, 2.75) is 45.3 Å². The molecule has 2 aromatic carbocycles. The number of ether oxygens (including phenoxy) is 4. The number of nitrogens with zero attached hydrogens (tertiary/aromatic N) is 1. The van der Waals surface area contributed by atoms with Gasteiger partial charge in [-0.25, -0.2) is 9.78 Å². The minimum atomic E-state index is -0.979. The number of rotatable bonds is 12. The highest BCUT2D eigenvalue weighted by atomic mass is 16.7. The van der Waals surface area contributed by atoms with E-state index in [1.54, 1.807) is 0 Å². The minimum absolute atomic E-state index is 0.0188. The predicted molar refractivity (Wildman–Crippen MR) is 140 cm³/mol. The van der Waals surface area contributed by atoms with Crippen LogP contribution in [0.4, 0.5) is 0 Å². The molecule has 0 bridgehead atoms. The number of hydrogen-bond donors (Lipinski definition) is 1. The van der Waals surface area contributed by atoms with Crippen LogP contribution in [-0.4, -0.2) is 48.9 Å². The standard InChI is InChI=1S/C29H32N2O7/c1-19(31-28(33)26-27(37-18-36-21(3)32)25(35-4)15-16-30-26)29(34)38-20(2)24(23-13-9-6-10-14-23)17-22-11-7-5-8-12-22/h5-16,19-20,24H,17-18H2,1-4H3,(H,31,33)/t19-,20-,24-/m0/s1. The topological polar surface area (TPSA) is 113 Å². The van der Waals surface area contributed by atoms with E-state index >= 15 is 0 Å². The van der Waals surface area contributed by atoms with Gasteiger partial charge in [0.2, 0.25) is 6.79 Å². The molecule has 1 aromatic heterocycles. The Morgan fingerprint density at radius 2 is 1.61 bits per heavy atom. The smallest absolute Gasteiger partial charge is 0.328 e. The molecule has 9 heteroatoms. The molecule has 0 unspecified atom stereocenters. The van der Waals surface area contributed by atoms with Gasteiger partial charge in [-0.15, -0.1) is 0 Å². The number of carbonyl (C=O) groups is 3. The van der Waals surface area contributed by atoms with Crippen molar-refractivity contribution >= 4 is 17.8 Å². The van der Waals surface area contributed by atoms with Crippen LogP contribution in [0.25, 0.3) is 0 Å². The van der Waals surface area contributed by atoms with E-state index in [9.17, 15) is 14.4 Å². The van der Waals surface area contributed by atoms with E-state index in [1.165, 1.54) is 33.2 Å². The highest BCUT2D eigenvalue weighted by Gasteiger charge is 2.28. The average Bonchev–Trinajstić information content (AvgIpc) is 2.92. The number of methoxy groups -OCH3 is 1. The number of benzene rings is 2. The molecule has 9 nitrogen and oxygen atoms in total. The van der Waals surface area contributed by atoms with Crippen LogP contribution in [0.3, 0.4) is 0 Å². The van der Waals surface area contributed by atoms with Crippen molar-refractivity contribution in [1.29, 1.82) is 0 Å². The van der Waals surface area contributed by atoms with Crippen LogP contribution in [0.1, 0.15) is 48.3 Å². The van der Waals surface area contributed by atoms with Crippen LogP contribution in [0.2, 0.25) is 0 Å². The summed E-state index contributed by atoms with van der Waals surface area (Å²) in [6.45, 7) is 4.17. The zero-order valence-corrected chi connectivity index (χ0v) is 21.9. The summed E-state index contributed by atoms with van der Waals surface area (Å²) in [6, 6.07) is 20.4. The van der Waals surface area contributed by atoms with Crippen LogP contribution in [0.5, 0.6) is 11.5 Å². The molecule has 1 N–H and O–H groups in total. The van der Waals surface area contributed by atoms with Crippen molar-refractivity contribution < 1.29 is 33.3 Å². The first-order valence-corrected chi connectivity index (χ1v) is 12.2. The summed E-state index contributed by atoms with van der Waals surface area (Å²) >= 11 is 0. The number of pyridine rings is 1. The molecule has 0 aliphatic heterocycles. The fourth-order valence-electron chi connectivity index (χ4n) is 3.88. The van der Waals surface area contributed by atoms with E-state index in [2.05, 4.69) is 10.3 Å². The zero-order valence-electron chi connectivity index (χ0n) is 21.9. The van der Waals surface area contributed by atoms with Gasteiger partial charge in [-0.2, -0.15) is 0 Å². The summed E-state index contributed by atoms with van der Waals surface area (Å²) < 4.78 is 21.3. The Morgan fingerprint density at radius 3 is 2.24 bits per heavy atom. The molecular formula is C29H32N2O7. The van der Waals surface area contributed by atoms with E-state index in [-0.39, 0.29) is 23.1 Å². The van der Waals surface area contributed by atoms with Gasteiger partial charge in [-0.05, 0) is 31.4 Å². The molecule has 0 aliphatic rings. The SMILES string of the molecule is COc1ccnc(C(=O)N[C@@H](C)C(=O)O[C@@H](C)[C@H](Cc2ccccc2)c2ccccc2)c1OCOC(C)=O. The van der Waals surface area contributed by atoms with Gasteiger partial charge in [0.05, 0.1) is 7.11 Å². The molecule has 3 aromatic rings. The largest absolute Gasteiger partial charge is 0.493 e. The lowest BCUT2D eigenvalue weighted by Gasteiger charge is -2.26. The first-order valence-electron chi connectivity index (χ1n) is 12.2. The maximum atomic E-state index is 13.0. The Hall–Kier alpha value is -4.40. The van der Waals surface area contributed by atoms with E-state index < -0.39 is 36.8 Å². The molecule has 0 aliphatic carbocycles. The fraction of sp³-hybridized carbons (Fsp3) is 0.310. The summed E-state index contributed by atoms with van der Waals surface area (Å²) in [5, 5.41) is 2.60. The summed E-state index contributed by atoms with van der Waals surface area (Å²) in [6.07, 6.45) is 1.57. The third-order valence-electron chi connectivity index (χ3n) is 5.86. The molecule has 1 amide bonds. The molecule has 1 heterocycles.